The third-order valence-corrected chi connectivity index (χ3v) is 7.49. The molecule has 4 heterocycles. The second-order valence-corrected chi connectivity index (χ2v) is 9.30. The summed E-state index contributed by atoms with van der Waals surface area (Å²) in [5.74, 6) is 1.05. The first kappa shape index (κ1) is 17.0. The number of furan rings is 1. The average Bonchev–Trinajstić information content (AvgIpc) is 3.51. The zero-order valence-electron chi connectivity index (χ0n) is 18.0. The van der Waals surface area contributed by atoms with Gasteiger partial charge in [0.1, 0.15) is 22.7 Å². The Kier molecular flexibility index (Phi) is 2.83. The number of anilines is 1. The quantitative estimate of drug-likeness (QED) is 0.331. The molecule has 2 aliphatic rings. The number of nitrogens with zero attached hydrogens (tertiary/aromatic N) is 2. The Morgan fingerprint density at radius 3 is 2.53 bits per heavy atom. The van der Waals surface area contributed by atoms with Crippen LogP contribution in [0.5, 0.6) is 0 Å². The van der Waals surface area contributed by atoms with E-state index in [-0.39, 0.29) is 6.04 Å². The van der Waals surface area contributed by atoms with Crippen molar-refractivity contribution in [2.24, 2.45) is 4.99 Å². The second kappa shape index (κ2) is 5.67. The fraction of sp³-hybridized carbons (Fsp3) is 0.0333. The van der Waals surface area contributed by atoms with Crippen LogP contribution in [-0.2, 0) is 0 Å². The normalized spacial score (nSPS) is 16.8. The van der Waals surface area contributed by atoms with Crippen LogP contribution in [0, 0.1) is 0 Å². The Hall–Kier alpha value is -4.57. The third-order valence-electron chi connectivity index (χ3n) is 7.49. The lowest BCUT2D eigenvalue weighted by molar-refractivity contribution is 0.669. The van der Waals surface area contributed by atoms with Crippen molar-refractivity contribution in [2.45, 2.75) is 6.04 Å². The minimum Gasteiger partial charge on any atom is -0.456 e. The summed E-state index contributed by atoms with van der Waals surface area (Å²) in [6.45, 7) is 0. The Labute approximate surface area is 193 Å². The monoisotopic (exact) mass is 435 g/mol. The summed E-state index contributed by atoms with van der Waals surface area (Å²) >= 11 is 0. The number of aliphatic imine (C=N–C) groups is 1. The summed E-state index contributed by atoms with van der Waals surface area (Å²) in [4.78, 5) is 5.18. The Morgan fingerprint density at radius 1 is 0.735 bits per heavy atom. The maximum atomic E-state index is 6.25. The maximum absolute atomic E-state index is 6.25. The first-order valence-corrected chi connectivity index (χ1v) is 11.6. The number of nitrogens with one attached hydrogen (secondary N) is 1. The summed E-state index contributed by atoms with van der Waals surface area (Å²) in [7, 11) is 0. The number of aromatic nitrogens is 1. The van der Waals surface area contributed by atoms with Gasteiger partial charge in [0.2, 0.25) is 0 Å². The molecule has 0 saturated carbocycles. The molecule has 9 rings (SSSR count). The lowest BCUT2D eigenvalue weighted by atomic mass is 10.00. The lowest BCUT2D eigenvalue weighted by Crippen LogP contribution is -2.40. The van der Waals surface area contributed by atoms with Crippen molar-refractivity contribution in [2.75, 3.05) is 5.32 Å². The highest BCUT2D eigenvalue weighted by molar-refractivity contribution is 6.27. The molecule has 1 atom stereocenters. The number of benzene rings is 4. The minimum absolute atomic E-state index is 0.0467. The van der Waals surface area contributed by atoms with Gasteiger partial charge in [0, 0.05) is 33.0 Å². The highest BCUT2D eigenvalue weighted by Gasteiger charge is 2.29. The van der Waals surface area contributed by atoms with Gasteiger partial charge in [0.15, 0.2) is 0 Å². The minimum atomic E-state index is 0.0467. The summed E-state index contributed by atoms with van der Waals surface area (Å²) in [5.41, 5.74) is 6.27. The molecule has 0 saturated heterocycles. The van der Waals surface area contributed by atoms with Crippen LogP contribution in [0.4, 0.5) is 11.5 Å². The Bertz CT molecular complexity index is 2160. The number of hydrogen-bond donors (Lipinski definition) is 1. The van der Waals surface area contributed by atoms with Crippen LogP contribution in [0.3, 0.4) is 0 Å². The molecule has 1 aliphatic carbocycles. The number of para-hydroxylation sites is 2. The smallest absolute Gasteiger partial charge is 0.138 e. The molecule has 0 radical (unpaired) electrons. The molecule has 0 amide bonds. The van der Waals surface area contributed by atoms with Gasteiger partial charge < -0.3 is 9.73 Å². The van der Waals surface area contributed by atoms with Crippen molar-refractivity contribution in [3.63, 3.8) is 0 Å². The Morgan fingerprint density at radius 2 is 1.56 bits per heavy atom. The van der Waals surface area contributed by atoms with Crippen LogP contribution < -0.4 is 15.8 Å². The van der Waals surface area contributed by atoms with Gasteiger partial charge in [-0.1, -0.05) is 60.7 Å². The van der Waals surface area contributed by atoms with E-state index in [1.54, 1.807) is 0 Å². The Balaban J connectivity index is 1.42. The molecule has 7 aromatic rings. The first-order valence-electron chi connectivity index (χ1n) is 11.6. The molecule has 158 valence electrons. The van der Waals surface area contributed by atoms with E-state index in [9.17, 15) is 0 Å². The van der Waals surface area contributed by atoms with Gasteiger partial charge in [-0.15, -0.1) is 0 Å². The zero-order valence-corrected chi connectivity index (χ0v) is 18.0. The van der Waals surface area contributed by atoms with Crippen LogP contribution in [-0.4, -0.2) is 16.2 Å². The van der Waals surface area contributed by atoms with E-state index in [4.69, 9.17) is 9.41 Å². The van der Waals surface area contributed by atoms with Crippen LogP contribution in [0.25, 0.3) is 61.3 Å². The predicted octanol–water partition coefficient (Wildman–Crippen LogP) is 5.72. The van der Waals surface area contributed by atoms with E-state index in [0.717, 1.165) is 44.7 Å². The summed E-state index contributed by atoms with van der Waals surface area (Å²) in [6, 6.07) is 27.8. The topological polar surface area (TPSA) is 41.9 Å². The van der Waals surface area contributed by atoms with Gasteiger partial charge in [0.25, 0.3) is 0 Å². The molecule has 1 unspecified atom stereocenters. The molecule has 0 bridgehead atoms. The summed E-state index contributed by atoms with van der Waals surface area (Å²) in [5, 5.41) is 12.2. The van der Waals surface area contributed by atoms with Crippen molar-refractivity contribution in [1.29, 1.82) is 0 Å². The summed E-state index contributed by atoms with van der Waals surface area (Å²) in [6.07, 6.45) is 4.49. The molecule has 1 N–H and O–H groups in total. The first-order chi connectivity index (χ1) is 16.8. The highest BCUT2D eigenvalue weighted by Crippen LogP contribution is 2.47. The van der Waals surface area contributed by atoms with E-state index in [1.807, 2.05) is 12.1 Å². The molecule has 4 nitrogen and oxygen atoms in total. The largest absolute Gasteiger partial charge is 0.456 e. The summed E-state index contributed by atoms with van der Waals surface area (Å²) < 4.78 is 8.59. The molecule has 0 fully saturated rings. The van der Waals surface area contributed by atoms with E-state index in [1.165, 1.54) is 32.1 Å². The number of fused-ring (bicyclic) bond motifs is 11. The van der Waals surface area contributed by atoms with Gasteiger partial charge in [-0.05, 0) is 34.7 Å². The molecular formula is C30H17N3O. The van der Waals surface area contributed by atoms with Gasteiger partial charge in [0.05, 0.1) is 22.8 Å². The lowest BCUT2D eigenvalue weighted by Gasteiger charge is -2.24. The van der Waals surface area contributed by atoms with Crippen molar-refractivity contribution < 1.29 is 4.42 Å². The SMILES string of the molecule is C1=c2ccccc2=CC2Nc3c(c4cccc5c6cc7c(cc6n3c45)oc3ccccc37)N=C12. The van der Waals surface area contributed by atoms with E-state index >= 15 is 0 Å². The molecule has 4 heteroatoms. The van der Waals surface area contributed by atoms with E-state index in [2.05, 4.69) is 88.6 Å². The highest BCUT2D eigenvalue weighted by atomic mass is 16.3. The molecular weight excluding hydrogens is 418 g/mol. The van der Waals surface area contributed by atoms with Gasteiger partial charge in [-0.2, -0.15) is 0 Å². The van der Waals surface area contributed by atoms with Crippen molar-refractivity contribution in [1.82, 2.24) is 4.40 Å². The zero-order chi connectivity index (χ0) is 22.0. The number of hydrogen-bond acceptors (Lipinski definition) is 3. The third kappa shape index (κ3) is 1.94. The standard InChI is InChI=1S/C30H17N3O/c1-2-7-17-13-24-23(12-16(17)6-1)31-28-20-10-5-9-19-21-14-22-18-8-3-4-11-26(18)34-27(22)15-25(21)33(29(19)20)30(28)32-24/h1-15,24,32H. The van der Waals surface area contributed by atoms with E-state index < -0.39 is 0 Å². The molecule has 34 heavy (non-hydrogen) atoms. The van der Waals surface area contributed by atoms with Crippen molar-refractivity contribution >= 4 is 78.5 Å². The maximum Gasteiger partial charge on any atom is 0.138 e. The van der Waals surface area contributed by atoms with Gasteiger partial charge in [-0.25, -0.2) is 4.99 Å². The van der Waals surface area contributed by atoms with Crippen molar-refractivity contribution in [3.05, 3.63) is 89.3 Å². The molecule has 1 aliphatic heterocycles. The van der Waals surface area contributed by atoms with Gasteiger partial charge >= 0.3 is 0 Å². The van der Waals surface area contributed by atoms with Crippen LogP contribution in [0.15, 0.2) is 88.3 Å². The molecule has 4 aromatic carbocycles. The molecule has 0 spiro atoms. The second-order valence-electron chi connectivity index (χ2n) is 9.30. The molecule has 3 aromatic heterocycles. The van der Waals surface area contributed by atoms with Crippen LogP contribution in [0.1, 0.15) is 0 Å². The fourth-order valence-electron chi connectivity index (χ4n) is 5.99. The average molecular weight is 435 g/mol. The predicted molar refractivity (Wildman–Crippen MR) is 140 cm³/mol. The number of rotatable bonds is 0. The fourth-order valence-corrected chi connectivity index (χ4v) is 5.99. The van der Waals surface area contributed by atoms with Crippen LogP contribution >= 0.6 is 0 Å². The van der Waals surface area contributed by atoms with Crippen molar-refractivity contribution in [3.8, 4) is 0 Å². The van der Waals surface area contributed by atoms with Gasteiger partial charge in [-0.3, -0.25) is 4.40 Å². The van der Waals surface area contributed by atoms with E-state index in [0.29, 0.717) is 0 Å². The van der Waals surface area contributed by atoms with Crippen LogP contribution in [0.2, 0.25) is 0 Å².